The van der Waals surface area contributed by atoms with Crippen molar-refractivity contribution >= 4 is 27.5 Å². The SMILES string of the molecule is Cc1ccc(Br)cc1NC(=O)c1ccc2c(c1)CNCC2. The third-order valence-corrected chi connectivity index (χ3v) is 4.30. The average molecular weight is 345 g/mol. The van der Waals surface area contributed by atoms with Gasteiger partial charge in [0.25, 0.3) is 5.91 Å². The van der Waals surface area contributed by atoms with Crippen LogP contribution < -0.4 is 10.6 Å². The van der Waals surface area contributed by atoms with Crippen molar-refractivity contribution in [3.05, 3.63) is 63.1 Å². The van der Waals surface area contributed by atoms with E-state index in [1.54, 1.807) is 0 Å². The maximum absolute atomic E-state index is 12.4. The lowest BCUT2D eigenvalue weighted by Crippen LogP contribution is -2.24. The second-order valence-electron chi connectivity index (χ2n) is 5.32. The first-order valence-electron chi connectivity index (χ1n) is 7.03. The van der Waals surface area contributed by atoms with Gasteiger partial charge in [-0.25, -0.2) is 0 Å². The molecular weight excluding hydrogens is 328 g/mol. The number of aryl methyl sites for hydroxylation is 1. The normalized spacial score (nSPS) is 13.6. The molecule has 3 nitrogen and oxygen atoms in total. The van der Waals surface area contributed by atoms with Crippen LogP contribution in [0.15, 0.2) is 40.9 Å². The van der Waals surface area contributed by atoms with E-state index < -0.39 is 0 Å². The first-order valence-corrected chi connectivity index (χ1v) is 7.83. The number of anilines is 1. The summed E-state index contributed by atoms with van der Waals surface area (Å²) in [7, 11) is 0. The minimum Gasteiger partial charge on any atom is -0.322 e. The lowest BCUT2D eigenvalue weighted by atomic mass is 9.98. The maximum atomic E-state index is 12.4. The van der Waals surface area contributed by atoms with Crippen LogP contribution in [0.2, 0.25) is 0 Å². The zero-order chi connectivity index (χ0) is 14.8. The summed E-state index contributed by atoms with van der Waals surface area (Å²) in [6, 6.07) is 11.8. The lowest BCUT2D eigenvalue weighted by Gasteiger charge is -2.18. The van der Waals surface area contributed by atoms with Crippen LogP contribution in [0.25, 0.3) is 0 Å². The Kier molecular flexibility index (Phi) is 4.08. The molecule has 0 atom stereocenters. The van der Waals surface area contributed by atoms with Crippen LogP contribution in [0.4, 0.5) is 5.69 Å². The third kappa shape index (κ3) is 3.17. The van der Waals surface area contributed by atoms with Crippen molar-refractivity contribution in [1.29, 1.82) is 0 Å². The van der Waals surface area contributed by atoms with E-state index in [-0.39, 0.29) is 5.91 Å². The highest BCUT2D eigenvalue weighted by atomic mass is 79.9. The van der Waals surface area contributed by atoms with E-state index in [1.807, 2.05) is 37.3 Å². The Hall–Kier alpha value is -1.65. The molecule has 2 aromatic rings. The van der Waals surface area contributed by atoms with Gasteiger partial charge in [-0.1, -0.05) is 28.1 Å². The number of fused-ring (bicyclic) bond motifs is 1. The Morgan fingerprint density at radius 3 is 2.90 bits per heavy atom. The van der Waals surface area contributed by atoms with Crippen molar-refractivity contribution in [3.8, 4) is 0 Å². The summed E-state index contributed by atoms with van der Waals surface area (Å²) < 4.78 is 0.957. The molecule has 1 amide bonds. The summed E-state index contributed by atoms with van der Waals surface area (Å²) >= 11 is 3.43. The molecule has 0 spiro atoms. The minimum atomic E-state index is -0.0652. The number of carbonyl (C=O) groups is 1. The van der Waals surface area contributed by atoms with Gasteiger partial charge in [-0.2, -0.15) is 0 Å². The van der Waals surface area contributed by atoms with Gasteiger partial charge >= 0.3 is 0 Å². The predicted octanol–water partition coefficient (Wildman–Crippen LogP) is 3.66. The summed E-state index contributed by atoms with van der Waals surface area (Å²) in [5.74, 6) is -0.0652. The monoisotopic (exact) mass is 344 g/mol. The quantitative estimate of drug-likeness (QED) is 0.872. The molecule has 0 radical (unpaired) electrons. The third-order valence-electron chi connectivity index (χ3n) is 3.80. The van der Waals surface area contributed by atoms with E-state index in [0.29, 0.717) is 5.56 Å². The molecule has 0 aliphatic carbocycles. The summed E-state index contributed by atoms with van der Waals surface area (Å²) in [5.41, 5.74) is 5.15. The number of benzene rings is 2. The van der Waals surface area contributed by atoms with Crippen molar-refractivity contribution in [2.45, 2.75) is 19.9 Å². The van der Waals surface area contributed by atoms with Crippen LogP contribution in [0.3, 0.4) is 0 Å². The van der Waals surface area contributed by atoms with E-state index in [4.69, 9.17) is 0 Å². The number of hydrogen-bond acceptors (Lipinski definition) is 2. The Bertz CT molecular complexity index is 697. The molecule has 2 aromatic carbocycles. The van der Waals surface area contributed by atoms with E-state index in [1.165, 1.54) is 11.1 Å². The molecule has 1 heterocycles. The van der Waals surface area contributed by atoms with Crippen molar-refractivity contribution in [3.63, 3.8) is 0 Å². The molecule has 1 aliphatic heterocycles. The highest BCUT2D eigenvalue weighted by molar-refractivity contribution is 9.10. The predicted molar refractivity (Wildman–Crippen MR) is 88.7 cm³/mol. The Morgan fingerprint density at radius 1 is 1.19 bits per heavy atom. The molecule has 108 valence electrons. The molecule has 3 rings (SSSR count). The number of nitrogens with one attached hydrogen (secondary N) is 2. The zero-order valence-electron chi connectivity index (χ0n) is 11.9. The highest BCUT2D eigenvalue weighted by Crippen LogP contribution is 2.22. The molecule has 0 saturated heterocycles. The molecule has 21 heavy (non-hydrogen) atoms. The second-order valence-corrected chi connectivity index (χ2v) is 6.24. The topological polar surface area (TPSA) is 41.1 Å². The van der Waals surface area contributed by atoms with E-state index >= 15 is 0 Å². The average Bonchev–Trinajstić information content (AvgIpc) is 2.50. The maximum Gasteiger partial charge on any atom is 0.255 e. The van der Waals surface area contributed by atoms with Crippen LogP contribution in [0.5, 0.6) is 0 Å². The van der Waals surface area contributed by atoms with Gasteiger partial charge in [0.2, 0.25) is 0 Å². The van der Waals surface area contributed by atoms with Gasteiger partial charge in [0, 0.05) is 22.3 Å². The minimum absolute atomic E-state index is 0.0652. The number of carbonyl (C=O) groups excluding carboxylic acids is 1. The lowest BCUT2D eigenvalue weighted by molar-refractivity contribution is 0.102. The molecule has 1 aliphatic rings. The first kappa shape index (κ1) is 14.3. The second kappa shape index (κ2) is 6.00. The smallest absolute Gasteiger partial charge is 0.255 e. The van der Waals surface area contributed by atoms with Crippen molar-refractivity contribution in [2.75, 3.05) is 11.9 Å². The fraction of sp³-hybridized carbons (Fsp3) is 0.235. The Labute approximate surface area is 132 Å². The zero-order valence-corrected chi connectivity index (χ0v) is 13.5. The summed E-state index contributed by atoms with van der Waals surface area (Å²) in [6.07, 6.45) is 1.03. The van der Waals surface area contributed by atoms with Crippen LogP contribution in [-0.4, -0.2) is 12.5 Å². The van der Waals surface area contributed by atoms with Gasteiger partial charge in [0.1, 0.15) is 0 Å². The van der Waals surface area contributed by atoms with Gasteiger partial charge < -0.3 is 10.6 Å². The van der Waals surface area contributed by atoms with Gasteiger partial charge in [0.05, 0.1) is 0 Å². The van der Waals surface area contributed by atoms with Crippen LogP contribution >= 0.6 is 15.9 Å². The number of halogens is 1. The number of amides is 1. The summed E-state index contributed by atoms with van der Waals surface area (Å²) in [4.78, 5) is 12.4. The van der Waals surface area contributed by atoms with E-state index in [9.17, 15) is 4.79 Å². The molecular formula is C17H17BrN2O. The van der Waals surface area contributed by atoms with Gasteiger partial charge in [0.15, 0.2) is 0 Å². The van der Waals surface area contributed by atoms with E-state index in [2.05, 4.69) is 32.6 Å². The first-order chi connectivity index (χ1) is 10.1. The molecule has 0 bridgehead atoms. The van der Waals surface area contributed by atoms with Crippen molar-refractivity contribution < 1.29 is 4.79 Å². The standard InChI is InChI=1S/C17H17BrN2O/c1-11-2-5-15(18)9-16(11)20-17(21)13-4-3-12-6-7-19-10-14(12)8-13/h2-5,8-9,19H,6-7,10H2,1H3,(H,20,21). The molecule has 4 heteroatoms. The number of rotatable bonds is 2. The van der Waals surface area contributed by atoms with Gasteiger partial charge in [-0.15, -0.1) is 0 Å². The Morgan fingerprint density at radius 2 is 2.05 bits per heavy atom. The van der Waals surface area contributed by atoms with Gasteiger partial charge in [-0.3, -0.25) is 4.79 Å². The van der Waals surface area contributed by atoms with Crippen molar-refractivity contribution in [2.24, 2.45) is 0 Å². The molecule has 0 saturated carbocycles. The van der Waals surface area contributed by atoms with Gasteiger partial charge in [-0.05, 0) is 60.8 Å². The van der Waals surface area contributed by atoms with E-state index in [0.717, 1.165) is 35.2 Å². The molecule has 0 unspecified atom stereocenters. The summed E-state index contributed by atoms with van der Waals surface area (Å²) in [6.45, 7) is 3.83. The highest BCUT2D eigenvalue weighted by Gasteiger charge is 2.13. The van der Waals surface area contributed by atoms with Crippen LogP contribution in [-0.2, 0) is 13.0 Å². The summed E-state index contributed by atoms with van der Waals surface area (Å²) in [5, 5.41) is 6.32. The molecule has 0 aromatic heterocycles. The van der Waals surface area contributed by atoms with Crippen LogP contribution in [0.1, 0.15) is 27.0 Å². The molecule has 0 fully saturated rings. The molecule has 2 N–H and O–H groups in total. The number of hydrogen-bond donors (Lipinski definition) is 2. The fourth-order valence-electron chi connectivity index (χ4n) is 2.55. The largest absolute Gasteiger partial charge is 0.322 e. The van der Waals surface area contributed by atoms with Crippen LogP contribution in [0, 0.1) is 6.92 Å². The fourth-order valence-corrected chi connectivity index (χ4v) is 2.91. The van der Waals surface area contributed by atoms with Crippen molar-refractivity contribution in [1.82, 2.24) is 5.32 Å². The Balaban J connectivity index is 1.83.